The van der Waals surface area contributed by atoms with Crippen LogP contribution in [0.15, 0.2) is 42.5 Å². The van der Waals surface area contributed by atoms with E-state index in [1.165, 1.54) is 6.92 Å². The maximum atomic E-state index is 11.9. The Morgan fingerprint density at radius 1 is 1.19 bits per heavy atom. The third-order valence-corrected chi connectivity index (χ3v) is 4.12. The van der Waals surface area contributed by atoms with Crippen molar-refractivity contribution in [3.05, 3.63) is 53.6 Å². The molecule has 0 aliphatic carbocycles. The summed E-state index contributed by atoms with van der Waals surface area (Å²) in [5.41, 5.74) is 2.10. The molecule has 0 saturated carbocycles. The number of rotatable bonds is 4. The van der Waals surface area contributed by atoms with Crippen LogP contribution in [0.2, 0.25) is 0 Å². The van der Waals surface area contributed by atoms with Gasteiger partial charge in [0, 0.05) is 24.2 Å². The molecule has 2 aliphatic rings. The molecule has 0 spiro atoms. The van der Waals surface area contributed by atoms with E-state index in [0.29, 0.717) is 17.1 Å². The van der Waals surface area contributed by atoms with Crippen molar-refractivity contribution in [3.63, 3.8) is 0 Å². The van der Waals surface area contributed by atoms with Crippen LogP contribution in [0.5, 0.6) is 11.5 Å². The topological polar surface area (TPSA) is 83.1 Å². The maximum absolute atomic E-state index is 11.9. The molecule has 0 fully saturated rings. The number of esters is 2. The molecule has 7 nitrogen and oxygen atoms in total. The lowest BCUT2D eigenvalue weighted by molar-refractivity contribution is -0.144. The zero-order valence-corrected chi connectivity index (χ0v) is 14.1. The number of nitrogens with one attached hydrogen (secondary N) is 1. The van der Waals surface area contributed by atoms with Crippen molar-refractivity contribution in [2.75, 3.05) is 18.5 Å². The number of benzene rings is 2. The maximum Gasteiger partial charge on any atom is 0.340 e. The van der Waals surface area contributed by atoms with Crippen molar-refractivity contribution in [2.45, 2.75) is 19.3 Å². The highest BCUT2D eigenvalue weighted by molar-refractivity contribution is 5.94. The molecular formula is C19H17NO6. The van der Waals surface area contributed by atoms with Crippen molar-refractivity contribution in [2.24, 2.45) is 0 Å². The summed E-state index contributed by atoms with van der Waals surface area (Å²) in [5.74, 6) is 0.448. The van der Waals surface area contributed by atoms with Crippen molar-refractivity contribution in [3.8, 4) is 11.5 Å². The molecule has 1 N–H and O–H groups in total. The lowest BCUT2D eigenvalue weighted by atomic mass is 10.1. The third-order valence-electron chi connectivity index (χ3n) is 4.12. The van der Waals surface area contributed by atoms with E-state index in [9.17, 15) is 9.59 Å². The van der Waals surface area contributed by atoms with Crippen LogP contribution < -0.4 is 14.8 Å². The van der Waals surface area contributed by atoms with Crippen LogP contribution in [-0.2, 0) is 14.3 Å². The number of carbonyl (C=O) groups is 2. The number of anilines is 1. The summed E-state index contributed by atoms with van der Waals surface area (Å²) in [6, 6.07) is 12.6. The van der Waals surface area contributed by atoms with Gasteiger partial charge in [-0.2, -0.15) is 0 Å². The van der Waals surface area contributed by atoms with Gasteiger partial charge >= 0.3 is 11.9 Å². The Balaban J connectivity index is 1.46. The number of ether oxygens (including phenoxy) is 4. The Hall–Kier alpha value is -3.22. The van der Waals surface area contributed by atoms with Gasteiger partial charge in [-0.15, -0.1) is 0 Å². The fourth-order valence-electron chi connectivity index (χ4n) is 2.90. The molecule has 2 unspecified atom stereocenters. The molecule has 4 rings (SSSR count). The first-order valence-corrected chi connectivity index (χ1v) is 8.23. The molecule has 26 heavy (non-hydrogen) atoms. The first-order chi connectivity index (χ1) is 12.6. The van der Waals surface area contributed by atoms with Gasteiger partial charge in [0.15, 0.2) is 17.6 Å². The lowest BCUT2D eigenvalue weighted by Crippen LogP contribution is -2.34. The molecule has 2 heterocycles. The van der Waals surface area contributed by atoms with Crippen LogP contribution in [0.1, 0.15) is 29.1 Å². The minimum Gasteiger partial charge on any atom is -0.486 e. The van der Waals surface area contributed by atoms with E-state index in [1.807, 2.05) is 18.2 Å². The van der Waals surface area contributed by atoms with Gasteiger partial charge in [-0.25, -0.2) is 4.79 Å². The van der Waals surface area contributed by atoms with Crippen LogP contribution in [0.4, 0.5) is 5.69 Å². The smallest absolute Gasteiger partial charge is 0.340 e. The first kappa shape index (κ1) is 16.3. The van der Waals surface area contributed by atoms with Gasteiger partial charge in [0.05, 0.1) is 5.56 Å². The molecule has 0 aromatic heterocycles. The van der Waals surface area contributed by atoms with E-state index in [0.717, 1.165) is 11.3 Å². The Bertz CT molecular complexity index is 865. The molecule has 2 aromatic carbocycles. The zero-order chi connectivity index (χ0) is 18.1. The second-order valence-electron chi connectivity index (χ2n) is 6.03. The average Bonchev–Trinajstić information content (AvgIpc) is 2.96. The largest absolute Gasteiger partial charge is 0.486 e. The summed E-state index contributed by atoms with van der Waals surface area (Å²) >= 11 is 0. The minimum atomic E-state index is -0.544. The molecule has 0 amide bonds. The quantitative estimate of drug-likeness (QED) is 0.844. The number of carbonyl (C=O) groups excluding carboxylic acids is 2. The summed E-state index contributed by atoms with van der Waals surface area (Å²) in [7, 11) is 0. The van der Waals surface area contributed by atoms with Gasteiger partial charge in [-0.1, -0.05) is 18.2 Å². The highest BCUT2D eigenvalue weighted by Gasteiger charge is 2.31. The summed E-state index contributed by atoms with van der Waals surface area (Å²) < 4.78 is 21.8. The predicted octanol–water partition coefficient (Wildman–Crippen LogP) is 2.67. The standard InChI is InChI=1S/C19H17NO6/c1-11(21)23-9-13-10-24-17-8-12(6-7-16(17)25-13)20-18-14-4-2-3-5-15(14)19(22)26-18/h2-8,13,18,20H,9-10H2,1H3. The molecular weight excluding hydrogens is 338 g/mol. The molecule has 2 aromatic rings. The van der Waals surface area contributed by atoms with Crippen LogP contribution in [0.3, 0.4) is 0 Å². The number of cyclic esters (lactones) is 1. The fourth-order valence-corrected chi connectivity index (χ4v) is 2.90. The first-order valence-electron chi connectivity index (χ1n) is 8.23. The Labute approximate surface area is 149 Å². The van der Waals surface area contributed by atoms with Gasteiger partial charge in [0.25, 0.3) is 0 Å². The van der Waals surface area contributed by atoms with E-state index >= 15 is 0 Å². The van der Waals surface area contributed by atoms with E-state index in [-0.39, 0.29) is 31.3 Å². The molecule has 134 valence electrons. The van der Waals surface area contributed by atoms with Gasteiger partial charge in [-0.3, -0.25) is 4.79 Å². The van der Waals surface area contributed by atoms with Crippen LogP contribution >= 0.6 is 0 Å². The summed E-state index contributed by atoms with van der Waals surface area (Å²) in [4.78, 5) is 22.8. The van der Waals surface area contributed by atoms with Crippen LogP contribution in [-0.4, -0.2) is 31.3 Å². The molecule has 7 heteroatoms. The summed E-state index contributed by atoms with van der Waals surface area (Å²) in [6.45, 7) is 1.78. The van der Waals surface area contributed by atoms with Crippen LogP contribution in [0, 0.1) is 0 Å². The SMILES string of the molecule is CC(=O)OCC1COc2cc(NC3OC(=O)c4ccccc43)ccc2O1. The second-order valence-corrected chi connectivity index (χ2v) is 6.03. The monoisotopic (exact) mass is 355 g/mol. The van der Waals surface area contributed by atoms with E-state index in [1.54, 1.807) is 24.3 Å². The summed E-state index contributed by atoms with van der Waals surface area (Å²) in [6.07, 6.45) is -0.883. The van der Waals surface area contributed by atoms with Gasteiger partial charge in [0.2, 0.25) is 6.23 Å². The average molecular weight is 355 g/mol. The molecule has 2 atom stereocenters. The van der Waals surface area contributed by atoms with E-state index in [4.69, 9.17) is 18.9 Å². The Morgan fingerprint density at radius 3 is 2.88 bits per heavy atom. The Morgan fingerprint density at radius 2 is 2.04 bits per heavy atom. The van der Waals surface area contributed by atoms with Crippen molar-refractivity contribution < 1.29 is 28.5 Å². The predicted molar refractivity (Wildman–Crippen MR) is 91.2 cm³/mol. The zero-order valence-electron chi connectivity index (χ0n) is 14.1. The highest BCUT2D eigenvalue weighted by atomic mass is 16.6. The number of hydrogen-bond acceptors (Lipinski definition) is 7. The Kier molecular flexibility index (Phi) is 4.12. The van der Waals surface area contributed by atoms with Crippen molar-refractivity contribution in [1.82, 2.24) is 0 Å². The van der Waals surface area contributed by atoms with Gasteiger partial charge in [-0.05, 0) is 18.2 Å². The number of fused-ring (bicyclic) bond motifs is 2. The molecule has 0 bridgehead atoms. The number of hydrogen-bond donors (Lipinski definition) is 1. The van der Waals surface area contributed by atoms with Crippen molar-refractivity contribution >= 4 is 17.6 Å². The third kappa shape index (κ3) is 3.15. The minimum absolute atomic E-state index is 0.142. The van der Waals surface area contributed by atoms with Gasteiger partial charge in [0.1, 0.15) is 13.2 Å². The highest BCUT2D eigenvalue weighted by Crippen LogP contribution is 2.37. The van der Waals surface area contributed by atoms with E-state index < -0.39 is 6.23 Å². The normalized spacial score (nSPS) is 20.1. The molecule has 2 aliphatic heterocycles. The van der Waals surface area contributed by atoms with Crippen molar-refractivity contribution in [1.29, 1.82) is 0 Å². The molecule has 0 saturated heterocycles. The van der Waals surface area contributed by atoms with Crippen LogP contribution in [0.25, 0.3) is 0 Å². The lowest BCUT2D eigenvalue weighted by Gasteiger charge is -2.26. The van der Waals surface area contributed by atoms with Gasteiger partial charge < -0.3 is 24.3 Å². The second kappa shape index (κ2) is 6.59. The molecule has 0 radical (unpaired) electrons. The fraction of sp³-hybridized carbons (Fsp3) is 0.263. The summed E-state index contributed by atoms with van der Waals surface area (Å²) in [5, 5.41) is 3.18. The van der Waals surface area contributed by atoms with E-state index in [2.05, 4.69) is 5.32 Å².